The Kier molecular flexibility index (Phi) is 5.10. The highest BCUT2D eigenvalue weighted by atomic mass is 16.3. The molecule has 0 saturated heterocycles. The Morgan fingerprint density at radius 2 is 2.24 bits per heavy atom. The summed E-state index contributed by atoms with van der Waals surface area (Å²) >= 11 is 0. The van der Waals surface area contributed by atoms with Crippen molar-refractivity contribution in [1.29, 1.82) is 0 Å². The number of nitrogens with zero attached hydrogens (tertiary/aromatic N) is 1. The average molecular weight is 236 g/mol. The van der Waals surface area contributed by atoms with Crippen molar-refractivity contribution in [2.75, 3.05) is 6.54 Å². The predicted molar refractivity (Wildman–Crippen MR) is 66.8 cm³/mol. The normalized spacial score (nSPS) is 12.5. The quantitative estimate of drug-likeness (QED) is 0.812. The van der Waals surface area contributed by atoms with Gasteiger partial charge in [0.15, 0.2) is 0 Å². The van der Waals surface area contributed by atoms with Crippen LogP contribution in [0.2, 0.25) is 0 Å². The molecule has 1 unspecified atom stereocenters. The molecule has 0 aliphatic heterocycles. The van der Waals surface area contributed by atoms with Crippen molar-refractivity contribution < 1.29 is 9.90 Å². The molecule has 1 heterocycles. The molecule has 1 rings (SSSR count). The number of carbonyl (C=O) groups is 1. The fourth-order valence-corrected chi connectivity index (χ4v) is 1.46. The molecule has 1 aromatic heterocycles. The number of hydrogen-bond acceptors (Lipinski definition) is 3. The third-order valence-electron chi connectivity index (χ3n) is 2.77. The van der Waals surface area contributed by atoms with Gasteiger partial charge in [0.25, 0.3) is 5.91 Å². The van der Waals surface area contributed by atoms with Gasteiger partial charge < -0.3 is 10.4 Å². The standard InChI is InChI=1S/C13H20N2O2/c1-4-10-7-14-6-5-11(10)13(17)15-8-12(16)9(2)3/h5-7,9,12,16H,4,8H2,1-3H3,(H,15,17). The van der Waals surface area contributed by atoms with E-state index in [0.717, 1.165) is 12.0 Å². The molecule has 0 bridgehead atoms. The number of pyridine rings is 1. The van der Waals surface area contributed by atoms with Gasteiger partial charge in [-0.2, -0.15) is 0 Å². The molecule has 2 N–H and O–H groups in total. The number of rotatable bonds is 5. The summed E-state index contributed by atoms with van der Waals surface area (Å²) in [6.45, 7) is 6.10. The topological polar surface area (TPSA) is 62.2 Å². The molecule has 0 radical (unpaired) electrons. The maximum Gasteiger partial charge on any atom is 0.251 e. The summed E-state index contributed by atoms with van der Waals surface area (Å²) in [7, 11) is 0. The van der Waals surface area contributed by atoms with Crippen LogP contribution in [0.5, 0.6) is 0 Å². The van der Waals surface area contributed by atoms with E-state index in [0.29, 0.717) is 5.56 Å². The second kappa shape index (κ2) is 6.35. The fraction of sp³-hybridized carbons (Fsp3) is 0.538. The van der Waals surface area contributed by atoms with Crippen molar-refractivity contribution in [3.63, 3.8) is 0 Å². The Morgan fingerprint density at radius 3 is 2.82 bits per heavy atom. The first-order valence-electron chi connectivity index (χ1n) is 5.95. The highest BCUT2D eigenvalue weighted by molar-refractivity contribution is 5.95. The van der Waals surface area contributed by atoms with Gasteiger partial charge >= 0.3 is 0 Å². The molecular formula is C13H20N2O2. The molecule has 0 saturated carbocycles. The molecule has 4 nitrogen and oxygen atoms in total. The molecule has 0 aliphatic carbocycles. The van der Waals surface area contributed by atoms with Crippen molar-refractivity contribution in [1.82, 2.24) is 10.3 Å². The molecule has 94 valence electrons. The number of aryl methyl sites for hydroxylation is 1. The van der Waals surface area contributed by atoms with Crippen LogP contribution in [0.1, 0.15) is 36.7 Å². The van der Waals surface area contributed by atoms with Gasteiger partial charge in [0.2, 0.25) is 0 Å². The van der Waals surface area contributed by atoms with Crippen LogP contribution in [-0.4, -0.2) is 28.6 Å². The van der Waals surface area contributed by atoms with Crippen LogP contribution < -0.4 is 5.32 Å². The maximum absolute atomic E-state index is 11.9. The number of carbonyl (C=O) groups excluding carboxylic acids is 1. The van der Waals surface area contributed by atoms with Gasteiger partial charge in [-0.05, 0) is 24.0 Å². The fourth-order valence-electron chi connectivity index (χ4n) is 1.46. The summed E-state index contributed by atoms with van der Waals surface area (Å²) in [4.78, 5) is 15.9. The zero-order chi connectivity index (χ0) is 12.8. The van der Waals surface area contributed by atoms with Crippen LogP contribution in [0, 0.1) is 5.92 Å². The monoisotopic (exact) mass is 236 g/mol. The van der Waals surface area contributed by atoms with Crippen LogP contribution in [0.25, 0.3) is 0 Å². The Morgan fingerprint density at radius 1 is 1.53 bits per heavy atom. The van der Waals surface area contributed by atoms with E-state index in [-0.39, 0.29) is 18.4 Å². The van der Waals surface area contributed by atoms with Gasteiger partial charge in [-0.1, -0.05) is 20.8 Å². The van der Waals surface area contributed by atoms with E-state index in [9.17, 15) is 9.90 Å². The minimum Gasteiger partial charge on any atom is -0.391 e. The van der Waals surface area contributed by atoms with E-state index in [1.807, 2.05) is 20.8 Å². The average Bonchev–Trinajstić information content (AvgIpc) is 2.35. The number of aliphatic hydroxyl groups is 1. The zero-order valence-electron chi connectivity index (χ0n) is 10.6. The molecule has 0 fully saturated rings. The van der Waals surface area contributed by atoms with Gasteiger partial charge in [0.05, 0.1) is 6.10 Å². The van der Waals surface area contributed by atoms with Gasteiger partial charge in [0.1, 0.15) is 0 Å². The summed E-state index contributed by atoms with van der Waals surface area (Å²) in [5.74, 6) is -0.0117. The van der Waals surface area contributed by atoms with E-state index in [1.165, 1.54) is 0 Å². The van der Waals surface area contributed by atoms with E-state index in [2.05, 4.69) is 10.3 Å². The summed E-state index contributed by atoms with van der Waals surface area (Å²) in [5, 5.41) is 12.4. The van der Waals surface area contributed by atoms with Crippen LogP contribution in [0.15, 0.2) is 18.5 Å². The summed E-state index contributed by atoms with van der Waals surface area (Å²) < 4.78 is 0. The zero-order valence-corrected chi connectivity index (χ0v) is 10.6. The number of nitrogens with one attached hydrogen (secondary N) is 1. The third-order valence-corrected chi connectivity index (χ3v) is 2.77. The number of aliphatic hydroxyl groups excluding tert-OH is 1. The van der Waals surface area contributed by atoms with E-state index < -0.39 is 6.10 Å². The second-order valence-corrected chi connectivity index (χ2v) is 4.41. The molecule has 0 spiro atoms. The van der Waals surface area contributed by atoms with Crippen LogP contribution in [-0.2, 0) is 6.42 Å². The number of amides is 1. The lowest BCUT2D eigenvalue weighted by atomic mass is 10.1. The van der Waals surface area contributed by atoms with E-state index in [4.69, 9.17) is 0 Å². The first-order valence-corrected chi connectivity index (χ1v) is 5.95. The van der Waals surface area contributed by atoms with Crippen LogP contribution in [0.4, 0.5) is 0 Å². The minimum atomic E-state index is -0.508. The Bertz CT molecular complexity index is 377. The summed E-state index contributed by atoms with van der Waals surface area (Å²) in [5.41, 5.74) is 1.56. The third kappa shape index (κ3) is 3.82. The first kappa shape index (κ1) is 13.6. The van der Waals surface area contributed by atoms with Crippen LogP contribution in [0.3, 0.4) is 0 Å². The second-order valence-electron chi connectivity index (χ2n) is 4.41. The molecule has 1 atom stereocenters. The Hall–Kier alpha value is -1.42. The van der Waals surface area contributed by atoms with Crippen LogP contribution >= 0.6 is 0 Å². The lowest BCUT2D eigenvalue weighted by Gasteiger charge is -2.15. The molecule has 1 aromatic rings. The van der Waals surface area contributed by atoms with Gasteiger partial charge in [0, 0.05) is 24.5 Å². The Balaban J connectivity index is 2.64. The molecule has 1 amide bonds. The Labute approximate surface area is 102 Å². The number of aromatic nitrogens is 1. The van der Waals surface area contributed by atoms with E-state index in [1.54, 1.807) is 18.5 Å². The predicted octanol–water partition coefficient (Wildman–Crippen LogP) is 1.39. The van der Waals surface area contributed by atoms with Crippen molar-refractivity contribution in [3.8, 4) is 0 Å². The van der Waals surface area contributed by atoms with Crippen molar-refractivity contribution in [3.05, 3.63) is 29.6 Å². The largest absolute Gasteiger partial charge is 0.391 e. The lowest BCUT2D eigenvalue weighted by Crippen LogP contribution is -2.35. The molecular weight excluding hydrogens is 216 g/mol. The minimum absolute atomic E-state index is 0.137. The van der Waals surface area contributed by atoms with Crippen molar-refractivity contribution in [2.45, 2.75) is 33.3 Å². The van der Waals surface area contributed by atoms with Crippen molar-refractivity contribution >= 4 is 5.91 Å². The van der Waals surface area contributed by atoms with Crippen molar-refractivity contribution in [2.24, 2.45) is 5.92 Å². The molecule has 0 aliphatic rings. The van der Waals surface area contributed by atoms with Gasteiger partial charge in [-0.3, -0.25) is 9.78 Å². The summed E-state index contributed by atoms with van der Waals surface area (Å²) in [6, 6.07) is 1.70. The summed E-state index contributed by atoms with van der Waals surface area (Å²) in [6.07, 6.45) is 3.57. The highest BCUT2D eigenvalue weighted by Gasteiger charge is 2.13. The lowest BCUT2D eigenvalue weighted by molar-refractivity contribution is 0.0870. The molecule has 17 heavy (non-hydrogen) atoms. The smallest absolute Gasteiger partial charge is 0.251 e. The van der Waals surface area contributed by atoms with E-state index >= 15 is 0 Å². The maximum atomic E-state index is 11.9. The molecule has 4 heteroatoms. The highest BCUT2D eigenvalue weighted by Crippen LogP contribution is 2.07. The molecule has 0 aromatic carbocycles. The SMILES string of the molecule is CCc1cnccc1C(=O)NCC(O)C(C)C. The number of hydrogen-bond donors (Lipinski definition) is 2. The first-order chi connectivity index (χ1) is 8.06. The van der Waals surface area contributed by atoms with Gasteiger partial charge in [-0.25, -0.2) is 0 Å². The van der Waals surface area contributed by atoms with Gasteiger partial charge in [-0.15, -0.1) is 0 Å².